The lowest BCUT2D eigenvalue weighted by molar-refractivity contribution is 0.373. The Morgan fingerprint density at radius 2 is 1.52 bits per heavy atom. The molecule has 0 aliphatic carbocycles. The maximum atomic E-state index is 9.86. The maximum Gasteiger partial charge on any atom is 0.188 e. The fourth-order valence-electron chi connectivity index (χ4n) is 1.45. The summed E-state index contributed by atoms with van der Waals surface area (Å²) >= 11 is 0. The molecule has 0 aliphatic rings. The molecule has 7 heteroatoms. The average molecular weight is 287 g/mol. The Labute approximate surface area is 121 Å². The van der Waals surface area contributed by atoms with E-state index in [0.717, 1.165) is 6.08 Å². The molecule has 0 radical (unpaired) electrons. The van der Waals surface area contributed by atoms with E-state index in [0.29, 0.717) is 12.1 Å². The van der Waals surface area contributed by atoms with E-state index in [1.807, 2.05) is 0 Å². The van der Waals surface area contributed by atoms with Crippen molar-refractivity contribution in [2.45, 2.75) is 20.3 Å². The van der Waals surface area contributed by atoms with Gasteiger partial charge in [0.2, 0.25) is 0 Å². The zero-order chi connectivity index (χ0) is 16.2. The Hall–Kier alpha value is -3.19. The molecule has 4 N–H and O–H groups in total. The third-order valence-electron chi connectivity index (χ3n) is 2.75. The first-order valence-corrected chi connectivity index (χ1v) is 5.93. The van der Waals surface area contributed by atoms with Crippen molar-refractivity contribution in [2.75, 3.05) is 0 Å². The molecule has 0 atom stereocenters. The van der Waals surface area contributed by atoms with E-state index >= 15 is 0 Å². The number of hydrogen-bond donors (Lipinski definition) is 4. The minimum atomic E-state index is -0.782. The summed E-state index contributed by atoms with van der Waals surface area (Å²) in [4.78, 5) is 3.90. The van der Waals surface area contributed by atoms with Gasteiger partial charge in [-0.3, -0.25) is 4.99 Å². The quantitative estimate of drug-likeness (QED) is 0.291. The fourth-order valence-corrected chi connectivity index (χ4v) is 1.45. The molecule has 7 nitrogen and oxygen atoms in total. The molecule has 108 valence electrons. The summed E-state index contributed by atoms with van der Waals surface area (Å²) in [6.45, 7) is 3.44. The third kappa shape index (κ3) is 3.04. The summed E-state index contributed by atoms with van der Waals surface area (Å²) < 4.78 is 0. The second-order valence-electron chi connectivity index (χ2n) is 4.14. The third-order valence-corrected chi connectivity index (χ3v) is 2.75. The van der Waals surface area contributed by atoms with E-state index in [1.54, 1.807) is 13.8 Å². The predicted molar refractivity (Wildman–Crippen MR) is 75.4 cm³/mol. The number of nitrogens with zero attached hydrogens (tertiary/aromatic N) is 3. The fraction of sp³-hybridized carbons (Fsp3) is 0.214. The number of nitriles is 2. The maximum absolute atomic E-state index is 9.86. The molecule has 0 unspecified atom stereocenters. The summed E-state index contributed by atoms with van der Waals surface area (Å²) in [6, 6.07) is 3.07. The number of aromatic hydroxyl groups is 4. The molecule has 21 heavy (non-hydrogen) atoms. The van der Waals surface area contributed by atoms with Crippen molar-refractivity contribution in [3.8, 4) is 35.1 Å². The number of phenolic OH excluding ortho intramolecular Hbond substituents is 4. The first-order chi connectivity index (χ1) is 9.87. The Kier molecular flexibility index (Phi) is 4.77. The summed E-state index contributed by atoms with van der Waals surface area (Å²) in [5.74, 6) is -3.06. The Morgan fingerprint density at radius 1 is 1.05 bits per heavy atom. The standard InChI is InChI=1S/C14H13N3O4/c1-3-7(2)17-10-13(20)11(18)9(12(19)14(10)21)4-8(5-15)6-16/h4,18-21H,3H2,1-2H3. The van der Waals surface area contributed by atoms with Crippen LogP contribution in [-0.2, 0) is 0 Å². The van der Waals surface area contributed by atoms with Crippen LogP contribution >= 0.6 is 0 Å². The van der Waals surface area contributed by atoms with Crippen molar-refractivity contribution in [2.24, 2.45) is 4.99 Å². The summed E-state index contributed by atoms with van der Waals surface area (Å²) in [7, 11) is 0. The predicted octanol–water partition coefficient (Wildman–Crippen LogP) is 2.44. The van der Waals surface area contributed by atoms with E-state index in [9.17, 15) is 20.4 Å². The number of aliphatic imine (C=N–C) groups is 1. The molecule has 0 saturated heterocycles. The number of phenols is 4. The zero-order valence-electron chi connectivity index (χ0n) is 11.4. The van der Waals surface area contributed by atoms with E-state index in [1.165, 1.54) is 12.1 Å². The number of allylic oxidation sites excluding steroid dienone is 1. The van der Waals surface area contributed by atoms with Gasteiger partial charge in [0, 0.05) is 5.71 Å². The van der Waals surface area contributed by atoms with Crippen molar-refractivity contribution in [3.05, 3.63) is 11.1 Å². The minimum Gasteiger partial charge on any atom is -0.504 e. The minimum absolute atomic E-state index is 0.378. The normalized spacial score (nSPS) is 10.6. The van der Waals surface area contributed by atoms with Crippen LogP contribution in [0.15, 0.2) is 10.6 Å². The van der Waals surface area contributed by atoms with E-state index in [4.69, 9.17) is 10.5 Å². The largest absolute Gasteiger partial charge is 0.504 e. The van der Waals surface area contributed by atoms with Gasteiger partial charge in [-0.15, -0.1) is 0 Å². The molecule has 0 saturated carbocycles. The Morgan fingerprint density at radius 3 is 1.90 bits per heavy atom. The number of benzene rings is 1. The summed E-state index contributed by atoms with van der Waals surface area (Å²) in [5, 5.41) is 56.8. The van der Waals surface area contributed by atoms with Gasteiger partial charge in [0.25, 0.3) is 0 Å². The first-order valence-electron chi connectivity index (χ1n) is 5.93. The lowest BCUT2D eigenvalue weighted by Crippen LogP contribution is -1.88. The number of hydrogen-bond acceptors (Lipinski definition) is 7. The van der Waals surface area contributed by atoms with Crippen LogP contribution in [0.5, 0.6) is 23.0 Å². The lowest BCUT2D eigenvalue weighted by Gasteiger charge is -2.11. The van der Waals surface area contributed by atoms with Gasteiger partial charge in [0.05, 0.1) is 5.56 Å². The van der Waals surface area contributed by atoms with Crippen molar-refractivity contribution in [1.29, 1.82) is 10.5 Å². The van der Waals surface area contributed by atoms with E-state index in [2.05, 4.69) is 4.99 Å². The molecule has 1 aromatic rings. The molecule has 0 heterocycles. The van der Waals surface area contributed by atoms with Crippen LogP contribution in [0.4, 0.5) is 5.69 Å². The highest BCUT2D eigenvalue weighted by Gasteiger charge is 2.22. The lowest BCUT2D eigenvalue weighted by atomic mass is 10.1. The topological polar surface area (TPSA) is 141 Å². The van der Waals surface area contributed by atoms with Crippen LogP contribution in [0.3, 0.4) is 0 Å². The molecule has 0 bridgehead atoms. The SMILES string of the molecule is CCC(C)=Nc1c(O)c(O)c(C=C(C#N)C#N)c(O)c1O. The molecule has 0 aromatic heterocycles. The molecule has 1 rings (SSSR count). The highest BCUT2D eigenvalue weighted by molar-refractivity contribution is 5.89. The van der Waals surface area contributed by atoms with E-state index in [-0.39, 0.29) is 5.69 Å². The molecule has 0 aliphatic heterocycles. The molecule has 0 amide bonds. The summed E-state index contributed by atoms with van der Waals surface area (Å²) in [5.41, 5.74) is -0.675. The highest BCUT2D eigenvalue weighted by atomic mass is 16.3. The van der Waals surface area contributed by atoms with Gasteiger partial charge < -0.3 is 20.4 Å². The van der Waals surface area contributed by atoms with Crippen LogP contribution in [-0.4, -0.2) is 26.1 Å². The van der Waals surface area contributed by atoms with Crippen LogP contribution in [0.1, 0.15) is 25.8 Å². The van der Waals surface area contributed by atoms with Crippen LogP contribution in [0, 0.1) is 22.7 Å². The molecule has 1 aromatic carbocycles. The van der Waals surface area contributed by atoms with Crippen molar-refractivity contribution >= 4 is 17.5 Å². The van der Waals surface area contributed by atoms with Gasteiger partial charge in [-0.2, -0.15) is 10.5 Å². The first kappa shape index (κ1) is 15.9. The van der Waals surface area contributed by atoms with Crippen LogP contribution in [0.2, 0.25) is 0 Å². The highest BCUT2D eigenvalue weighted by Crippen LogP contribution is 2.52. The number of rotatable bonds is 3. The average Bonchev–Trinajstić information content (AvgIpc) is 2.49. The van der Waals surface area contributed by atoms with Crippen molar-refractivity contribution in [3.63, 3.8) is 0 Å². The van der Waals surface area contributed by atoms with E-state index < -0.39 is 34.1 Å². The second kappa shape index (κ2) is 6.31. The van der Waals surface area contributed by atoms with Gasteiger partial charge in [0.15, 0.2) is 28.7 Å². The molecule has 0 spiro atoms. The molecular weight excluding hydrogens is 274 g/mol. The smallest absolute Gasteiger partial charge is 0.188 e. The molecule has 0 fully saturated rings. The van der Waals surface area contributed by atoms with Gasteiger partial charge >= 0.3 is 0 Å². The van der Waals surface area contributed by atoms with Gasteiger partial charge in [-0.05, 0) is 19.4 Å². The Bertz CT molecular complexity index is 676. The summed E-state index contributed by atoms with van der Waals surface area (Å²) in [6.07, 6.45) is 1.39. The van der Waals surface area contributed by atoms with Gasteiger partial charge in [-0.1, -0.05) is 6.92 Å². The second-order valence-corrected chi connectivity index (χ2v) is 4.14. The van der Waals surface area contributed by atoms with Crippen molar-refractivity contribution in [1.82, 2.24) is 0 Å². The van der Waals surface area contributed by atoms with Gasteiger partial charge in [0.1, 0.15) is 17.7 Å². The Balaban J connectivity index is 3.67. The van der Waals surface area contributed by atoms with Crippen molar-refractivity contribution < 1.29 is 20.4 Å². The van der Waals surface area contributed by atoms with Crippen LogP contribution in [0.25, 0.3) is 6.08 Å². The monoisotopic (exact) mass is 287 g/mol. The van der Waals surface area contributed by atoms with Gasteiger partial charge in [-0.25, -0.2) is 0 Å². The van der Waals surface area contributed by atoms with Crippen LogP contribution < -0.4 is 0 Å². The zero-order valence-corrected chi connectivity index (χ0v) is 11.4. The molecular formula is C14H13N3O4.